The van der Waals surface area contributed by atoms with Crippen molar-refractivity contribution in [1.82, 2.24) is 0 Å². The maximum Gasteiger partial charge on any atom is 0.227 e. The monoisotopic (exact) mass is 296 g/mol. The highest BCUT2D eigenvalue weighted by molar-refractivity contribution is 9.10. The number of aryl methyl sites for hydroxylation is 1. The number of rotatable bonds is 3. The van der Waals surface area contributed by atoms with E-state index in [-0.39, 0.29) is 5.91 Å². The maximum absolute atomic E-state index is 11.9. The lowest BCUT2D eigenvalue weighted by atomic mass is 10.1. The molecule has 2 N–H and O–H groups in total. The summed E-state index contributed by atoms with van der Waals surface area (Å²) in [7, 11) is 0. The van der Waals surface area contributed by atoms with Crippen molar-refractivity contribution < 1.29 is 4.79 Å². The van der Waals surface area contributed by atoms with Gasteiger partial charge in [-0.3, -0.25) is 4.79 Å². The molecule has 1 saturated heterocycles. The van der Waals surface area contributed by atoms with Crippen LogP contribution in [0, 0.1) is 5.92 Å². The standard InChI is InChI=1S/C13H17BrN2O/c1-2-9-3-4-12(11(14)5-9)16-8-10(7-15)6-13(16)17/h3-5,10H,2,6-8,15H2,1H3. The third-order valence-electron chi connectivity index (χ3n) is 3.25. The summed E-state index contributed by atoms with van der Waals surface area (Å²) in [4.78, 5) is 13.7. The van der Waals surface area contributed by atoms with Crippen molar-refractivity contribution in [3.63, 3.8) is 0 Å². The van der Waals surface area contributed by atoms with Crippen molar-refractivity contribution in [2.75, 3.05) is 18.0 Å². The van der Waals surface area contributed by atoms with E-state index in [4.69, 9.17) is 5.73 Å². The summed E-state index contributed by atoms with van der Waals surface area (Å²) in [6.45, 7) is 3.43. The molecule has 1 fully saturated rings. The number of nitrogens with two attached hydrogens (primary N) is 1. The summed E-state index contributed by atoms with van der Waals surface area (Å²) in [6.07, 6.45) is 1.57. The van der Waals surface area contributed by atoms with E-state index < -0.39 is 0 Å². The van der Waals surface area contributed by atoms with Crippen molar-refractivity contribution in [3.05, 3.63) is 28.2 Å². The highest BCUT2D eigenvalue weighted by atomic mass is 79.9. The Bertz CT molecular complexity index is 433. The molecule has 1 atom stereocenters. The number of hydrogen-bond donors (Lipinski definition) is 1. The van der Waals surface area contributed by atoms with Gasteiger partial charge in [-0.25, -0.2) is 0 Å². The molecule has 1 aromatic carbocycles. The maximum atomic E-state index is 11.9. The van der Waals surface area contributed by atoms with Crippen molar-refractivity contribution in [2.45, 2.75) is 19.8 Å². The van der Waals surface area contributed by atoms with E-state index >= 15 is 0 Å². The van der Waals surface area contributed by atoms with Gasteiger partial charge in [-0.15, -0.1) is 0 Å². The van der Waals surface area contributed by atoms with E-state index in [1.807, 2.05) is 11.0 Å². The summed E-state index contributed by atoms with van der Waals surface area (Å²) in [6, 6.07) is 6.17. The van der Waals surface area contributed by atoms with Gasteiger partial charge in [0.25, 0.3) is 0 Å². The second kappa shape index (κ2) is 5.19. The molecule has 17 heavy (non-hydrogen) atoms. The minimum absolute atomic E-state index is 0.172. The summed E-state index contributed by atoms with van der Waals surface area (Å²) in [5, 5.41) is 0. The van der Waals surface area contributed by atoms with Gasteiger partial charge in [0, 0.05) is 17.4 Å². The average Bonchev–Trinajstić information content (AvgIpc) is 2.70. The Hall–Kier alpha value is -0.870. The molecule has 0 aliphatic carbocycles. The molecule has 0 aromatic heterocycles. The second-order valence-corrected chi connectivity index (χ2v) is 5.30. The molecule has 1 unspecified atom stereocenters. The van der Waals surface area contributed by atoms with Crippen LogP contribution in [-0.2, 0) is 11.2 Å². The number of hydrogen-bond acceptors (Lipinski definition) is 2. The van der Waals surface area contributed by atoms with Crippen molar-refractivity contribution in [2.24, 2.45) is 11.7 Å². The summed E-state index contributed by atoms with van der Waals surface area (Å²) < 4.78 is 0.989. The molecular formula is C13H17BrN2O. The molecule has 0 radical (unpaired) electrons. The van der Waals surface area contributed by atoms with Crippen LogP contribution in [0.4, 0.5) is 5.69 Å². The lowest BCUT2D eigenvalue weighted by molar-refractivity contribution is -0.117. The summed E-state index contributed by atoms with van der Waals surface area (Å²) in [5.41, 5.74) is 7.86. The Kier molecular flexibility index (Phi) is 3.84. The number of halogens is 1. The van der Waals surface area contributed by atoms with Crippen LogP contribution in [0.25, 0.3) is 0 Å². The predicted octanol–water partition coefficient (Wildman–Crippen LogP) is 2.32. The topological polar surface area (TPSA) is 46.3 Å². The Labute approximate surface area is 110 Å². The van der Waals surface area contributed by atoms with Crippen LogP contribution in [0.3, 0.4) is 0 Å². The zero-order valence-corrected chi connectivity index (χ0v) is 11.5. The van der Waals surface area contributed by atoms with Crippen molar-refractivity contribution >= 4 is 27.5 Å². The molecule has 2 rings (SSSR count). The summed E-state index contributed by atoms with van der Waals surface area (Å²) in [5.74, 6) is 0.464. The Morgan fingerprint density at radius 1 is 1.53 bits per heavy atom. The molecule has 92 valence electrons. The molecule has 0 spiro atoms. The molecule has 1 heterocycles. The summed E-state index contributed by atoms with van der Waals surface area (Å²) >= 11 is 3.54. The quantitative estimate of drug-likeness (QED) is 0.930. The smallest absolute Gasteiger partial charge is 0.227 e. The Morgan fingerprint density at radius 2 is 2.29 bits per heavy atom. The van der Waals surface area contributed by atoms with Crippen LogP contribution in [0.1, 0.15) is 18.9 Å². The third-order valence-corrected chi connectivity index (χ3v) is 3.88. The van der Waals surface area contributed by atoms with E-state index in [9.17, 15) is 4.79 Å². The lowest BCUT2D eigenvalue weighted by Crippen LogP contribution is -2.26. The zero-order valence-electron chi connectivity index (χ0n) is 9.95. The Morgan fingerprint density at radius 3 is 2.82 bits per heavy atom. The average molecular weight is 297 g/mol. The Balaban J connectivity index is 2.26. The SMILES string of the molecule is CCc1ccc(N2CC(CN)CC2=O)c(Br)c1. The first-order valence-corrected chi connectivity index (χ1v) is 6.73. The fraction of sp³-hybridized carbons (Fsp3) is 0.462. The number of amides is 1. The molecule has 3 nitrogen and oxygen atoms in total. The van der Waals surface area contributed by atoms with Crippen LogP contribution >= 0.6 is 15.9 Å². The van der Waals surface area contributed by atoms with Gasteiger partial charge in [-0.1, -0.05) is 13.0 Å². The van der Waals surface area contributed by atoms with Gasteiger partial charge in [0.2, 0.25) is 5.91 Å². The number of nitrogens with zero attached hydrogens (tertiary/aromatic N) is 1. The minimum Gasteiger partial charge on any atom is -0.330 e. The number of carbonyl (C=O) groups excluding carboxylic acids is 1. The van der Waals surface area contributed by atoms with Crippen LogP contribution in [-0.4, -0.2) is 19.0 Å². The van der Waals surface area contributed by atoms with Crippen LogP contribution in [0.5, 0.6) is 0 Å². The van der Waals surface area contributed by atoms with Crippen molar-refractivity contribution in [3.8, 4) is 0 Å². The highest BCUT2D eigenvalue weighted by Crippen LogP contribution is 2.32. The fourth-order valence-electron chi connectivity index (χ4n) is 2.16. The van der Waals surface area contributed by atoms with Gasteiger partial charge < -0.3 is 10.6 Å². The van der Waals surface area contributed by atoms with E-state index in [1.54, 1.807) is 0 Å². The van der Waals surface area contributed by atoms with E-state index in [2.05, 4.69) is 35.0 Å². The third kappa shape index (κ3) is 2.53. The normalized spacial score (nSPS) is 20.1. The molecule has 1 aliphatic heterocycles. The van der Waals surface area contributed by atoms with E-state index in [0.717, 1.165) is 23.1 Å². The van der Waals surface area contributed by atoms with Crippen LogP contribution < -0.4 is 10.6 Å². The molecule has 0 saturated carbocycles. The van der Waals surface area contributed by atoms with Gasteiger partial charge in [0.1, 0.15) is 0 Å². The molecular weight excluding hydrogens is 280 g/mol. The molecule has 1 aliphatic rings. The van der Waals surface area contributed by atoms with Crippen LogP contribution in [0.2, 0.25) is 0 Å². The molecule has 1 aromatic rings. The number of benzene rings is 1. The molecule has 1 amide bonds. The largest absolute Gasteiger partial charge is 0.330 e. The van der Waals surface area contributed by atoms with Gasteiger partial charge in [0.15, 0.2) is 0 Å². The van der Waals surface area contributed by atoms with Gasteiger partial charge in [0.05, 0.1) is 5.69 Å². The lowest BCUT2D eigenvalue weighted by Gasteiger charge is -2.18. The number of anilines is 1. The molecule has 0 bridgehead atoms. The first kappa shape index (κ1) is 12.6. The number of carbonyl (C=O) groups is 1. The van der Waals surface area contributed by atoms with E-state index in [1.165, 1.54) is 5.56 Å². The second-order valence-electron chi connectivity index (χ2n) is 4.45. The van der Waals surface area contributed by atoms with E-state index in [0.29, 0.717) is 18.9 Å². The first-order valence-electron chi connectivity index (χ1n) is 5.94. The van der Waals surface area contributed by atoms with Gasteiger partial charge >= 0.3 is 0 Å². The van der Waals surface area contributed by atoms with Gasteiger partial charge in [-0.05, 0) is 52.5 Å². The fourth-order valence-corrected chi connectivity index (χ4v) is 2.80. The van der Waals surface area contributed by atoms with Crippen molar-refractivity contribution in [1.29, 1.82) is 0 Å². The first-order chi connectivity index (χ1) is 8.15. The highest BCUT2D eigenvalue weighted by Gasteiger charge is 2.30. The predicted molar refractivity (Wildman–Crippen MR) is 73.0 cm³/mol. The van der Waals surface area contributed by atoms with Crippen LogP contribution in [0.15, 0.2) is 22.7 Å². The van der Waals surface area contributed by atoms with Gasteiger partial charge in [-0.2, -0.15) is 0 Å². The molecule has 4 heteroatoms. The zero-order chi connectivity index (χ0) is 12.4. The minimum atomic E-state index is 0.172.